The fourth-order valence-corrected chi connectivity index (χ4v) is 3.65. The highest BCUT2D eigenvalue weighted by Crippen LogP contribution is 2.30. The summed E-state index contributed by atoms with van der Waals surface area (Å²) in [7, 11) is 0. The number of benzene rings is 2. The minimum absolute atomic E-state index is 0. The maximum absolute atomic E-state index is 14.7. The maximum Gasteiger partial charge on any atom is 0.227 e. The number of carbonyl (C=O) groups is 1. The zero-order chi connectivity index (χ0) is 17.2. The lowest BCUT2D eigenvalue weighted by atomic mass is 9.95. The van der Waals surface area contributed by atoms with Crippen LogP contribution >= 0.6 is 12.4 Å². The summed E-state index contributed by atoms with van der Waals surface area (Å²) in [6.07, 6.45) is 1.43. The molecule has 2 aromatic carbocycles. The molecule has 1 unspecified atom stereocenters. The standard InChI is InChI=1S/C20H21FN2O2.ClH/c21-20-16-7-9-22-12-14(16)5-6-17(20)23-19(24)11-18-15-4-2-1-3-13(15)8-10-25-18;/h1-6,18,22H,7-12H2,(H,23,24);1H. The van der Waals surface area contributed by atoms with E-state index in [0.29, 0.717) is 25.1 Å². The van der Waals surface area contributed by atoms with Gasteiger partial charge in [-0.2, -0.15) is 0 Å². The first-order valence-electron chi connectivity index (χ1n) is 8.72. The van der Waals surface area contributed by atoms with Crippen LogP contribution in [0.2, 0.25) is 0 Å². The Morgan fingerprint density at radius 2 is 2.04 bits per heavy atom. The molecule has 4 rings (SSSR count). The molecule has 0 aromatic heterocycles. The lowest BCUT2D eigenvalue weighted by Crippen LogP contribution is -2.26. The minimum atomic E-state index is -0.308. The molecule has 0 radical (unpaired) electrons. The highest BCUT2D eigenvalue weighted by Gasteiger charge is 2.24. The predicted octanol–water partition coefficient (Wildman–Crippen LogP) is 3.54. The Hall–Kier alpha value is -1.95. The van der Waals surface area contributed by atoms with Gasteiger partial charge >= 0.3 is 0 Å². The average molecular weight is 377 g/mol. The monoisotopic (exact) mass is 376 g/mol. The first-order valence-corrected chi connectivity index (χ1v) is 8.72. The topological polar surface area (TPSA) is 50.4 Å². The number of rotatable bonds is 3. The summed E-state index contributed by atoms with van der Waals surface area (Å²) >= 11 is 0. The van der Waals surface area contributed by atoms with Gasteiger partial charge in [-0.05, 0) is 47.7 Å². The summed E-state index contributed by atoms with van der Waals surface area (Å²) in [6, 6.07) is 11.6. The van der Waals surface area contributed by atoms with E-state index in [1.807, 2.05) is 24.3 Å². The van der Waals surface area contributed by atoms with Gasteiger partial charge in [0.1, 0.15) is 5.82 Å². The van der Waals surface area contributed by atoms with Crippen molar-refractivity contribution in [2.24, 2.45) is 0 Å². The summed E-state index contributed by atoms with van der Waals surface area (Å²) in [6.45, 7) is 2.04. The third-order valence-electron chi connectivity index (χ3n) is 4.94. The third-order valence-corrected chi connectivity index (χ3v) is 4.94. The quantitative estimate of drug-likeness (QED) is 0.861. The lowest BCUT2D eigenvalue weighted by molar-refractivity contribution is -0.119. The van der Waals surface area contributed by atoms with E-state index >= 15 is 0 Å². The van der Waals surface area contributed by atoms with Gasteiger partial charge in [-0.3, -0.25) is 4.79 Å². The number of halogens is 2. The Labute approximate surface area is 158 Å². The molecule has 1 amide bonds. The average Bonchev–Trinajstić information content (AvgIpc) is 2.65. The molecule has 4 nitrogen and oxygen atoms in total. The van der Waals surface area contributed by atoms with Crippen LogP contribution in [-0.4, -0.2) is 19.1 Å². The van der Waals surface area contributed by atoms with E-state index in [2.05, 4.69) is 16.7 Å². The smallest absolute Gasteiger partial charge is 0.227 e. The van der Waals surface area contributed by atoms with Crippen LogP contribution in [0.3, 0.4) is 0 Å². The number of anilines is 1. The normalized spacial score (nSPS) is 18.3. The van der Waals surface area contributed by atoms with Crippen LogP contribution in [0.4, 0.5) is 10.1 Å². The van der Waals surface area contributed by atoms with Crippen LogP contribution in [0.15, 0.2) is 36.4 Å². The second-order valence-electron chi connectivity index (χ2n) is 6.55. The van der Waals surface area contributed by atoms with E-state index in [1.54, 1.807) is 6.07 Å². The molecule has 0 bridgehead atoms. The predicted molar refractivity (Wildman–Crippen MR) is 101 cm³/mol. The van der Waals surface area contributed by atoms with Crippen molar-refractivity contribution < 1.29 is 13.9 Å². The molecule has 0 saturated carbocycles. The number of hydrogen-bond acceptors (Lipinski definition) is 3. The molecule has 26 heavy (non-hydrogen) atoms. The molecule has 1 atom stereocenters. The maximum atomic E-state index is 14.7. The highest BCUT2D eigenvalue weighted by atomic mass is 35.5. The van der Waals surface area contributed by atoms with Crippen LogP contribution in [-0.2, 0) is 28.9 Å². The Morgan fingerprint density at radius 3 is 2.92 bits per heavy atom. The molecule has 2 aromatic rings. The van der Waals surface area contributed by atoms with Gasteiger partial charge in [-0.1, -0.05) is 30.3 Å². The number of carbonyl (C=O) groups excluding carboxylic acids is 1. The fraction of sp³-hybridized carbons (Fsp3) is 0.350. The van der Waals surface area contributed by atoms with Crippen LogP contribution in [0.25, 0.3) is 0 Å². The van der Waals surface area contributed by atoms with Gasteiger partial charge in [0.05, 0.1) is 24.8 Å². The number of ether oxygens (including phenoxy) is 1. The van der Waals surface area contributed by atoms with Crippen LogP contribution in [0.5, 0.6) is 0 Å². The van der Waals surface area contributed by atoms with Gasteiger partial charge in [0.15, 0.2) is 0 Å². The van der Waals surface area contributed by atoms with Crippen molar-refractivity contribution >= 4 is 24.0 Å². The highest BCUT2D eigenvalue weighted by molar-refractivity contribution is 5.91. The second kappa shape index (κ2) is 8.16. The van der Waals surface area contributed by atoms with E-state index in [0.717, 1.165) is 24.1 Å². The van der Waals surface area contributed by atoms with Crippen molar-refractivity contribution in [2.75, 3.05) is 18.5 Å². The molecule has 2 N–H and O–H groups in total. The van der Waals surface area contributed by atoms with E-state index < -0.39 is 0 Å². The van der Waals surface area contributed by atoms with E-state index in [-0.39, 0.29) is 42.3 Å². The van der Waals surface area contributed by atoms with Crippen molar-refractivity contribution in [1.82, 2.24) is 5.32 Å². The molecule has 0 saturated heterocycles. The molecule has 0 aliphatic carbocycles. The largest absolute Gasteiger partial charge is 0.373 e. The van der Waals surface area contributed by atoms with Crippen LogP contribution < -0.4 is 10.6 Å². The number of nitrogens with one attached hydrogen (secondary N) is 2. The van der Waals surface area contributed by atoms with E-state index in [9.17, 15) is 9.18 Å². The van der Waals surface area contributed by atoms with Gasteiger partial charge in [0.2, 0.25) is 5.91 Å². The number of hydrogen-bond donors (Lipinski definition) is 2. The van der Waals surface area contributed by atoms with Gasteiger partial charge in [0.25, 0.3) is 0 Å². The Kier molecular flexibility index (Phi) is 5.91. The molecular formula is C20H22ClFN2O2. The van der Waals surface area contributed by atoms with Crippen LogP contribution in [0.1, 0.15) is 34.8 Å². The van der Waals surface area contributed by atoms with E-state index in [4.69, 9.17) is 4.74 Å². The van der Waals surface area contributed by atoms with Crippen molar-refractivity contribution in [2.45, 2.75) is 31.9 Å². The first-order chi connectivity index (χ1) is 12.2. The molecule has 2 heterocycles. The zero-order valence-electron chi connectivity index (χ0n) is 14.4. The summed E-state index contributed by atoms with van der Waals surface area (Å²) in [5.41, 5.74) is 4.21. The van der Waals surface area contributed by atoms with Crippen molar-refractivity contribution in [3.05, 3.63) is 64.5 Å². The Bertz CT molecular complexity index is 812. The molecule has 0 fully saturated rings. The molecule has 2 aliphatic rings. The third kappa shape index (κ3) is 3.75. The Balaban J connectivity index is 0.00000196. The van der Waals surface area contributed by atoms with Gasteiger partial charge < -0.3 is 15.4 Å². The fourth-order valence-electron chi connectivity index (χ4n) is 3.65. The Morgan fingerprint density at radius 1 is 1.19 bits per heavy atom. The van der Waals surface area contributed by atoms with Gasteiger partial charge in [-0.25, -0.2) is 4.39 Å². The van der Waals surface area contributed by atoms with Gasteiger partial charge in [0, 0.05) is 6.54 Å². The van der Waals surface area contributed by atoms with Gasteiger partial charge in [-0.15, -0.1) is 12.4 Å². The molecule has 6 heteroatoms. The first kappa shape index (κ1) is 18.8. The van der Waals surface area contributed by atoms with E-state index in [1.165, 1.54) is 5.56 Å². The molecule has 2 aliphatic heterocycles. The van der Waals surface area contributed by atoms with Crippen molar-refractivity contribution in [1.29, 1.82) is 0 Å². The molecule has 0 spiro atoms. The summed E-state index contributed by atoms with van der Waals surface area (Å²) < 4.78 is 20.4. The summed E-state index contributed by atoms with van der Waals surface area (Å²) in [4.78, 5) is 12.4. The van der Waals surface area contributed by atoms with Crippen molar-refractivity contribution in [3.63, 3.8) is 0 Å². The van der Waals surface area contributed by atoms with Crippen molar-refractivity contribution in [3.8, 4) is 0 Å². The molecular weight excluding hydrogens is 355 g/mol. The lowest BCUT2D eigenvalue weighted by Gasteiger charge is -2.26. The second-order valence-corrected chi connectivity index (χ2v) is 6.55. The minimum Gasteiger partial charge on any atom is -0.373 e. The summed E-state index contributed by atoms with van der Waals surface area (Å²) in [5.74, 6) is -0.535. The van der Waals surface area contributed by atoms with Crippen LogP contribution in [0, 0.1) is 5.82 Å². The summed E-state index contributed by atoms with van der Waals surface area (Å²) in [5, 5.41) is 5.95. The number of amides is 1. The number of fused-ring (bicyclic) bond motifs is 2. The zero-order valence-corrected chi connectivity index (χ0v) is 15.2. The SMILES string of the molecule is Cl.O=C(CC1OCCc2ccccc21)Nc1ccc2c(c1F)CCNC2. The molecule has 138 valence electrons.